The fraction of sp³-hybridized carbons (Fsp3) is 0.611. The summed E-state index contributed by atoms with van der Waals surface area (Å²) in [6.45, 7) is 10.2. The molecule has 0 bridgehead atoms. The van der Waals surface area contributed by atoms with Crippen molar-refractivity contribution in [3.05, 3.63) is 35.4 Å². The predicted molar refractivity (Wildman–Crippen MR) is 96.7 cm³/mol. The number of rotatable bonds is 8. The molecule has 22 heavy (non-hydrogen) atoms. The zero-order valence-electron chi connectivity index (χ0n) is 14.8. The first-order valence-electron chi connectivity index (χ1n) is 8.26. The molecule has 0 aliphatic heterocycles. The zero-order valence-corrected chi connectivity index (χ0v) is 14.8. The van der Waals surface area contributed by atoms with Crippen molar-refractivity contribution in [1.82, 2.24) is 15.5 Å². The Kier molecular flexibility index (Phi) is 8.60. The lowest BCUT2D eigenvalue weighted by Gasteiger charge is -2.15. The van der Waals surface area contributed by atoms with Crippen LogP contribution in [0.4, 0.5) is 0 Å². The standard InChI is InChI=1S/C18H32N4/c1-6-19-18(20-12-7-13-22(4)5)21-14-16(3)17-10-8-15(2)9-11-17/h8-11,16H,6-7,12-14H2,1-5H3,(H2,19,20,21). The van der Waals surface area contributed by atoms with Gasteiger partial charge in [0.2, 0.25) is 0 Å². The molecule has 0 saturated carbocycles. The van der Waals surface area contributed by atoms with E-state index in [2.05, 4.69) is 74.7 Å². The largest absolute Gasteiger partial charge is 0.357 e. The Morgan fingerprint density at radius 2 is 1.86 bits per heavy atom. The molecule has 0 aromatic heterocycles. The van der Waals surface area contributed by atoms with Crippen LogP contribution in [-0.4, -0.2) is 51.1 Å². The number of benzene rings is 1. The van der Waals surface area contributed by atoms with Gasteiger partial charge in [0.1, 0.15) is 0 Å². The topological polar surface area (TPSA) is 39.7 Å². The summed E-state index contributed by atoms with van der Waals surface area (Å²) in [4.78, 5) is 6.91. The molecule has 0 spiro atoms. The summed E-state index contributed by atoms with van der Waals surface area (Å²) in [6, 6.07) is 8.74. The van der Waals surface area contributed by atoms with Crippen LogP contribution in [0.25, 0.3) is 0 Å². The molecule has 1 atom stereocenters. The molecular weight excluding hydrogens is 272 g/mol. The number of guanidine groups is 1. The Morgan fingerprint density at radius 1 is 1.18 bits per heavy atom. The first kappa shape index (κ1) is 18.5. The highest BCUT2D eigenvalue weighted by Crippen LogP contribution is 2.15. The fourth-order valence-electron chi connectivity index (χ4n) is 2.17. The molecule has 1 unspecified atom stereocenters. The third-order valence-corrected chi connectivity index (χ3v) is 3.59. The molecule has 2 N–H and O–H groups in total. The van der Waals surface area contributed by atoms with Crippen molar-refractivity contribution in [2.24, 2.45) is 4.99 Å². The molecule has 0 saturated heterocycles. The number of nitrogens with one attached hydrogen (secondary N) is 2. The van der Waals surface area contributed by atoms with Crippen molar-refractivity contribution in [1.29, 1.82) is 0 Å². The van der Waals surface area contributed by atoms with Gasteiger partial charge in [0.15, 0.2) is 5.96 Å². The quantitative estimate of drug-likeness (QED) is 0.440. The van der Waals surface area contributed by atoms with Gasteiger partial charge in [-0.05, 0) is 46.5 Å². The summed E-state index contributed by atoms with van der Waals surface area (Å²) >= 11 is 0. The summed E-state index contributed by atoms with van der Waals surface area (Å²) in [6.07, 6.45) is 1.12. The van der Waals surface area contributed by atoms with E-state index in [1.54, 1.807) is 0 Å². The minimum absolute atomic E-state index is 0.429. The molecule has 0 fully saturated rings. The van der Waals surface area contributed by atoms with Crippen LogP contribution in [0.1, 0.15) is 37.3 Å². The minimum atomic E-state index is 0.429. The van der Waals surface area contributed by atoms with E-state index in [1.165, 1.54) is 11.1 Å². The molecule has 124 valence electrons. The summed E-state index contributed by atoms with van der Waals surface area (Å²) in [5.41, 5.74) is 2.65. The number of hydrogen-bond donors (Lipinski definition) is 2. The molecule has 1 aromatic rings. The van der Waals surface area contributed by atoms with E-state index in [9.17, 15) is 0 Å². The normalized spacial score (nSPS) is 13.3. The third-order valence-electron chi connectivity index (χ3n) is 3.59. The van der Waals surface area contributed by atoms with E-state index in [0.717, 1.165) is 38.6 Å². The second-order valence-corrected chi connectivity index (χ2v) is 6.11. The van der Waals surface area contributed by atoms with Gasteiger partial charge in [0.05, 0.1) is 0 Å². The second kappa shape index (κ2) is 10.2. The third kappa shape index (κ3) is 7.46. The first-order valence-corrected chi connectivity index (χ1v) is 8.26. The SMILES string of the molecule is CCNC(=NCC(C)c1ccc(C)cc1)NCCCN(C)C. The molecule has 0 heterocycles. The maximum Gasteiger partial charge on any atom is 0.191 e. The number of hydrogen-bond acceptors (Lipinski definition) is 2. The highest BCUT2D eigenvalue weighted by Gasteiger charge is 2.05. The van der Waals surface area contributed by atoms with Gasteiger partial charge in [0.25, 0.3) is 0 Å². The molecule has 1 rings (SSSR count). The monoisotopic (exact) mass is 304 g/mol. The lowest BCUT2D eigenvalue weighted by Crippen LogP contribution is -2.38. The minimum Gasteiger partial charge on any atom is -0.357 e. The summed E-state index contributed by atoms with van der Waals surface area (Å²) in [5, 5.41) is 6.72. The molecule has 4 nitrogen and oxygen atoms in total. The van der Waals surface area contributed by atoms with Gasteiger partial charge in [0, 0.05) is 25.6 Å². The number of nitrogens with zero attached hydrogens (tertiary/aromatic N) is 2. The van der Waals surface area contributed by atoms with Gasteiger partial charge in [-0.2, -0.15) is 0 Å². The Morgan fingerprint density at radius 3 is 2.45 bits per heavy atom. The molecule has 0 radical (unpaired) electrons. The van der Waals surface area contributed by atoms with E-state index in [0.29, 0.717) is 5.92 Å². The Hall–Kier alpha value is -1.55. The van der Waals surface area contributed by atoms with E-state index < -0.39 is 0 Å². The van der Waals surface area contributed by atoms with Crippen molar-refractivity contribution >= 4 is 5.96 Å². The Bertz CT molecular complexity index is 437. The van der Waals surface area contributed by atoms with Gasteiger partial charge in [-0.3, -0.25) is 4.99 Å². The van der Waals surface area contributed by atoms with Gasteiger partial charge in [-0.1, -0.05) is 36.8 Å². The lowest BCUT2D eigenvalue weighted by molar-refractivity contribution is 0.399. The van der Waals surface area contributed by atoms with Crippen LogP contribution in [0, 0.1) is 6.92 Å². The second-order valence-electron chi connectivity index (χ2n) is 6.11. The van der Waals surface area contributed by atoms with Crippen molar-refractivity contribution in [2.75, 3.05) is 40.3 Å². The highest BCUT2D eigenvalue weighted by atomic mass is 15.2. The smallest absolute Gasteiger partial charge is 0.191 e. The van der Waals surface area contributed by atoms with E-state index in [1.807, 2.05) is 0 Å². The van der Waals surface area contributed by atoms with Crippen LogP contribution in [0.15, 0.2) is 29.3 Å². The summed E-state index contributed by atoms with van der Waals surface area (Å²) in [7, 11) is 4.20. The van der Waals surface area contributed by atoms with Crippen LogP contribution in [-0.2, 0) is 0 Å². The molecule has 0 aliphatic rings. The molecule has 0 amide bonds. The van der Waals surface area contributed by atoms with E-state index >= 15 is 0 Å². The molecule has 4 heteroatoms. The number of aliphatic imine (C=N–C) groups is 1. The lowest BCUT2D eigenvalue weighted by atomic mass is 10.0. The van der Waals surface area contributed by atoms with Crippen LogP contribution >= 0.6 is 0 Å². The molecular formula is C18H32N4. The van der Waals surface area contributed by atoms with Crippen molar-refractivity contribution < 1.29 is 0 Å². The van der Waals surface area contributed by atoms with Crippen LogP contribution in [0.3, 0.4) is 0 Å². The Labute approximate surface area is 136 Å². The molecule has 0 aliphatic carbocycles. The molecule has 1 aromatic carbocycles. The van der Waals surface area contributed by atoms with Crippen molar-refractivity contribution in [3.8, 4) is 0 Å². The average molecular weight is 304 g/mol. The maximum atomic E-state index is 4.71. The van der Waals surface area contributed by atoms with Crippen LogP contribution in [0.2, 0.25) is 0 Å². The highest BCUT2D eigenvalue weighted by molar-refractivity contribution is 5.79. The van der Waals surface area contributed by atoms with E-state index in [4.69, 9.17) is 4.99 Å². The number of aryl methyl sites for hydroxylation is 1. The van der Waals surface area contributed by atoms with Gasteiger partial charge >= 0.3 is 0 Å². The summed E-state index contributed by atoms with van der Waals surface area (Å²) < 4.78 is 0. The van der Waals surface area contributed by atoms with Crippen LogP contribution in [0.5, 0.6) is 0 Å². The van der Waals surface area contributed by atoms with Gasteiger partial charge in [-0.15, -0.1) is 0 Å². The van der Waals surface area contributed by atoms with Crippen molar-refractivity contribution in [3.63, 3.8) is 0 Å². The van der Waals surface area contributed by atoms with E-state index in [-0.39, 0.29) is 0 Å². The van der Waals surface area contributed by atoms with Gasteiger partial charge < -0.3 is 15.5 Å². The predicted octanol–water partition coefficient (Wildman–Crippen LogP) is 2.61. The first-order chi connectivity index (χ1) is 10.5. The van der Waals surface area contributed by atoms with Crippen LogP contribution < -0.4 is 10.6 Å². The summed E-state index contributed by atoms with van der Waals surface area (Å²) in [5.74, 6) is 1.35. The fourth-order valence-corrected chi connectivity index (χ4v) is 2.17. The Balaban J connectivity index is 2.48. The zero-order chi connectivity index (χ0) is 16.4. The van der Waals surface area contributed by atoms with Gasteiger partial charge in [-0.25, -0.2) is 0 Å². The van der Waals surface area contributed by atoms with Crippen molar-refractivity contribution in [2.45, 2.75) is 33.1 Å². The maximum absolute atomic E-state index is 4.71. The average Bonchev–Trinajstić information content (AvgIpc) is 2.49.